The Balaban J connectivity index is 0.00000364. The van der Waals surface area contributed by atoms with Gasteiger partial charge in [0.2, 0.25) is 5.91 Å². The smallest absolute Gasteiger partial charge is 0.239 e. The maximum Gasteiger partial charge on any atom is 0.239 e. The minimum atomic E-state index is -0.727. The molecule has 1 fully saturated rings. The zero-order valence-corrected chi connectivity index (χ0v) is 17.9. The first-order valence-electron chi connectivity index (χ1n) is 10.3. The van der Waals surface area contributed by atoms with E-state index in [0.717, 1.165) is 44.7 Å². The zero-order valence-electron chi connectivity index (χ0n) is 17.1. The molecule has 2 rings (SSSR count). The van der Waals surface area contributed by atoms with Crippen LogP contribution in [0.3, 0.4) is 0 Å². The SMILES string of the molecule is CCCC(C)(N)C(=O)NCCCCN1CCC(Cc2ccccc2)CC1.Cl. The molecule has 1 aliphatic heterocycles. The van der Waals surface area contributed by atoms with Crippen LogP contribution in [0.5, 0.6) is 0 Å². The Labute approximate surface area is 171 Å². The molecule has 4 nitrogen and oxygen atoms in total. The van der Waals surface area contributed by atoms with Gasteiger partial charge in [0.05, 0.1) is 5.54 Å². The molecule has 1 aromatic carbocycles. The van der Waals surface area contributed by atoms with Gasteiger partial charge in [-0.05, 0) is 76.6 Å². The van der Waals surface area contributed by atoms with Crippen LogP contribution in [-0.2, 0) is 11.2 Å². The van der Waals surface area contributed by atoms with Gasteiger partial charge in [0.15, 0.2) is 0 Å². The number of rotatable bonds is 10. The van der Waals surface area contributed by atoms with E-state index >= 15 is 0 Å². The van der Waals surface area contributed by atoms with Crippen LogP contribution in [0.2, 0.25) is 0 Å². The van der Waals surface area contributed by atoms with E-state index in [1.54, 1.807) is 0 Å². The molecule has 0 aliphatic carbocycles. The number of benzene rings is 1. The Morgan fingerprint density at radius 1 is 1.22 bits per heavy atom. The molecule has 1 aromatic rings. The third-order valence-corrected chi connectivity index (χ3v) is 5.55. The molecular weight excluding hydrogens is 358 g/mol. The number of likely N-dealkylation sites (tertiary alicyclic amines) is 1. The van der Waals surface area contributed by atoms with Gasteiger partial charge in [-0.1, -0.05) is 43.7 Å². The van der Waals surface area contributed by atoms with E-state index in [-0.39, 0.29) is 18.3 Å². The summed E-state index contributed by atoms with van der Waals surface area (Å²) in [6, 6.07) is 10.9. The van der Waals surface area contributed by atoms with Crippen molar-refractivity contribution in [3.05, 3.63) is 35.9 Å². The first-order valence-corrected chi connectivity index (χ1v) is 10.3. The Bertz CT molecular complexity index is 528. The number of carbonyl (C=O) groups excluding carboxylic acids is 1. The lowest BCUT2D eigenvalue weighted by molar-refractivity contribution is -0.126. The summed E-state index contributed by atoms with van der Waals surface area (Å²) >= 11 is 0. The highest BCUT2D eigenvalue weighted by Crippen LogP contribution is 2.21. The lowest BCUT2D eigenvalue weighted by Gasteiger charge is -2.32. The third-order valence-electron chi connectivity index (χ3n) is 5.55. The fraction of sp³-hybridized carbons (Fsp3) is 0.682. The van der Waals surface area contributed by atoms with Gasteiger partial charge in [0.1, 0.15) is 0 Å². The van der Waals surface area contributed by atoms with Crippen molar-refractivity contribution in [2.45, 2.75) is 64.3 Å². The average Bonchev–Trinajstić information content (AvgIpc) is 2.63. The molecule has 0 radical (unpaired) electrons. The van der Waals surface area contributed by atoms with Gasteiger partial charge in [-0.15, -0.1) is 12.4 Å². The summed E-state index contributed by atoms with van der Waals surface area (Å²) in [6.07, 6.45) is 7.65. The first-order chi connectivity index (χ1) is 12.5. The first kappa shape index (κ1) is 23.9. The van der Waals surface area contributed by atoms with Crippen molar-refractivity contribution in [3.8, 4) is 0 Å². The molecule has 1 amide bonds. The van der Waals surface area contributed by atoms with Crippen molar-refractivity contribution in [2.75, 3.05) is 26.2 Å². The summed E-state index contributed by atoms with van der Waals surface area (Å²) in [4.78, 5) is 14.6. The summed E-state index contributed by atoms with van der Waals surface area (Å²) in [5, 5.41) is 3.00. The van der Waals surface area contributed by atoms with Crippen molar-refractivity contribution in [1.82, 2.24) is 10.2 Å². The Hall–Kier alpha value is -1.10. The number of carbonyl (C=O) groups is 1. The van der Waals surface area contributed by atoms with Crippen molar-refractivity contribution < 1.29 is 4.79 Å². The Morgan fingerprint density at radius 3 is 2.52 bits per heavy atom. The molecule has 1 atom stereocenters. The summed E-state index contributed by atoms with van der Waals surface area (Å²) in [5.41, 5.74) is 6.79. The number of hydrogen-bond donors (Lipinski definition) is 2. The lowest BCUT2D eigenvalue weighted by Crippen LogP contribution is -2.51. The largest absolute Gasteiger partial charge is 0.355 e. The highest BCUT2D eigenvalue weighted by Gasteiger charge is 2.26. The van der Waals surface area contributed by atoms with E-state index in [9.17, 15) is 4.79 Å². The molecule has 1 saturated heterocycles. The molecule has 0 spiro atoms. The van der Waals surface area contributed by atoms with Gasteiger partial charge in [-0.2, -0.15) is 0 Å². The Morgan fingerprint density at radius 2 is 1.89 bits per heavy atom. The number of nitrogens with two attached hydrogens (primary N) is 1. The fourth-order valence-corrected chi connectivity index (χ4v) is 3.86. The average molecular weight is 396 g/mol. The topological polar surface area (TPSA) is 58.4 Å². The molecule has 27 heavy (non-hydrogen) atoms. The van der Waals surface area contributed by atoms with Gasteiger partial charge in [0.25, 0.3) is 0 Å². The van der Waals surface area contributed by atoms with Crippen molar-refractivity contribution in [3.63, 3.8) is 0 Å². The number of amides is 1. The van der Waals surface area contributed by atoms with Crippen molar-refractivity contribution >= 4 is 18.3 Å². The number of hydrogen-bond acceptors (Lipinski definition) is 3. The predicted octanol–water partition coefficient (Wildman–Crippen LogP) is 3.78. The monoisotopic (exact) mass is 395 g/mol. The highest BCUT2D eigenvalue weighted by molar-refractivity contribution is 5.85. The van der Waals surface area contributed by atoms with Gasteiger partial charge >= 0.3 is 0 Å². The highest BCUT2D eigenvalue weighted by atomic mass is 35.5. The lowest BCUT2D eigenvalue weighted by atomic mass is 9.90. The van der Waals surface area contributed by atoms with Crippen LogP contribution in [0.25, 0.3) is 0 Å². The van der Waals surface area contributed by atoms with Gasteiger partial charge in [-0.3, -0.25) is 4.79 Å². The van der Waals surface area contributed by atoms with E-state index in [2.05, 4.69) is 47.5 Å². The summed E-state index contributed by atoms with van der Waals surface area (Å²) in [6.45, 7) is 8.18. The second kappa shape index (κ2) is 12.4. The third kappa shape index (κ3) is 8.63. The molecule has 0 saturated carbocycles. The second-order valence-electron chi connectivity index (χ2n) is 8.11. The summed E-state index contributed by atoms with van der Waals surface area (Å²) in [7, 11) is 0. The number of piperidine rings is 1. The quantitative estimate of drug-likeness (QED) is 0.593. The molecule has 1 unspecified atom stereocenters. The molecule has 1 aliphatic rings. The molecular formula is C22H38ClN3O. The van der Waals surface area contributed by atoms with E-state index < -0.39 is 5.54 Å². The fourth-order valence-electron chi connectivity index (χ4n) is 3.86. The van der Waals surface area contributed by atoms with Crippen LogP contribution in [0.15, 0.2) is 30.3 Å². The van der Waals surface area contributed by atoms with Crippen LogP contribution >= 0.6 is 12.4 Å². The molecule has 1 heterocycles. The predicted molar refractivity (Wildman–Crippen MR) is 116 cm³/mol. The van der Waals surface area contributed by atoms with Crippen LogP contribution in [0.4, 0.5) is 0 Å². The summed E-state index contributed by atoms with van der Waals surface area (Å²) in [5.74, 6) is 0.815. The Kier molecular flexibility index (Phi) is 11.0. The van der Waals surface area contributed by atoms with E-state index in [0.29, 0.717) is 0 Å². The standard InChI is InChI=1S/C22H37N3O.ClH/c1-3-13-22(2,23)21(26)24-14-7-8-15-25-16-11-20(12-17-25)18-19-9-5-4-6-10-19;/h4-6,9-10,20H,3,7-8,11-18,23H2,1-2H3,(H,24,26);1H. The number of nitrogens with zero attached hydrogens (tertiary/aromatic N) is 1. The summed E-state index contributed by atoms with van der Waals surface area (Å²) < 4.78 is 0. The van der Waals surface area contributed by atoms with Crippen molar-refractivity contribution in [2.24, 2.45) is 11.7 Å². The van der Waals surface area contributed by atoms with Crippen LogP contribution < -0.4 is 11.1 Å². The van der Waals surface area contributed by atoms with E-state index in [1.807, 2.05) is 6.92 Å². The number of nitrogens with one attached hydrogen (secondary N) is 1. The zero-order chi connectivity index (χ0) is 18.8. The molecule has 5 heteroatoms. The van der Waals surface area contributed by atoms with Crippen LogP contribution in [0.1, 0.15) is 57.9 Å². The minimum Gasteiger partial charge on any atom is -0.355 e. The molecule has 0 bridgehead atoms. The van der Waals surface area contributed by atoms with E-state index in [1.165, 1.54) is 37.9 Å². The molecule has 0 aromatic heterocycles. The van der Waals surface area contributed by atoms with Gasteiger partial charge < -0.3 is 16.0 Å². The molecule has 154 valence electrons. The maximum absolute atomic E-state index is 12.1. The van der Waals surface area contributed by atoms with Gasteiger partial charge in [-0.25, -0.2) is 0 Å². The molecule has 3 N–H and O–H groups in total. The van der Waals surface area contributed by atoms with Crippen LogP contribution in [-0.4, -0.2) is 42.5 Å². The van der Waals surface area contributed by atoms with Crippen molar-refractivity contribution in [1.29, 1.82) is 0 Å². The van der Waals surface area contributed by atoms with Gasteiger partial charge in [0, 0.05) is 6.54 Å². The normalized spacial score (nSPS) is 17.7. The maximum atomic E-state index is 12.1. The number of halogens is 1. The van der Waals surface area contributed by atoms with E-state index in [4.69, 9.17) is 5.73 Å². The second-order valence-corrected chi connectivity index (χ2v) is 8.11. The van der Waals surface area contributed by atoms with Crippen LogP contribution in [0, 0.1) is 5.92 Å². The number of unbranched alkanes of at least 4 members (excludes halogenated alkanes) is 1. The minimum absolute atomic E-state index is 0.